The standard InChI is InChI=1S/C26H21Cl2N5O4/c1-30-26(37)33(20-9-18(27)8-19(28)10-20)24(34)22-14-32(23-7-6-17(12-31-23)25(35)36)13-21(22)16-4-2-15(11-29)3-5-16/h2-10,12,21-22H,13-14H2,1H3,(H,30,37)(H,35,36)/t21-,22-/m0/s1. The van der Waals surface area contributed by atoms with Crippen LogP contribution in [0.5, 0.6) is 0 Å². The summed E-state index contributed by atoms with van der Waals surface area (Å²) >= 11 is 12.3. The number of carboxylic acids is 1. The Bertz CT molecular complexity index is 1370. The number of benzene rings is 2. The summed E-state index contributed by atoms with van der Waals surface area (Å²) in [5, 5.41) is 21.4. The van der Waals surface area contributed by atoms with Crippen LogP contribution in [0, 0.1) is 17.2 Å². The third-order valence-electron chi connectivity index (χ3n) is 6.17. The molecule has 37 heavy (non-hydrogen) atoms. The Morgan fingerprint density at radius 2 is 1.76 bits per heavy atom. The molecule has 0 unspecified atom stereocenters. The van der Waals surface area contributed by atoms with Crippen molar-refractivity contribution in [3.63, 3.8) is 0 Å². The molecule has 4 rings (SSSR count). The second-order valence-corrected chi connectivity index (χ2v) is 9.29. The number of carbonyl (C=O) groups is 3. The average molecular weight is 538 g/mol. The zero-order chi connectivity index (χ0) is 26.7. The Morgan fingerprint density at radius 3 is 2.30 bits per heavy atom. The van der Waals surface area contributed by atoms with Crippen molar-refractivity contribution in [2.45, 2.75) is 5.92 Å². The van der Waals surface area contributed by atoms with E-state index in [0.29, 0.717) is 17.9 Å². The molecule has 2 heterocycles. The van der Waals surface area contributed by atoms with Gasteiger partial charge in [0.1, 0.15) is 5.82 Å². The summed E-state index contributed by atoms with van der Waals surface area (Å²) in [5.74, 6) is -2.12. The third-order valence-corrected chi connectivity index (χ3v) is 6.60. The summed E-state index contributed by atoms with van der Waals surface area (Å²) < 4.78 is 0. The number of aromatic carboxylic acids is 1. The van der Waals surface area contributed by atoms with Crippen molar-refractivity contribution in [2.24, 2.45) is 5.92 Å². The zero-order valence-electron chi connectivity index (χ0n) is 19.6. The number of amides is 3. The van der Waals surface area contributed by atoms with Crippen molar-refractivity contribution >= 4 is 52.6 Å². The highest BCUT2D eigenvalue weighted by Crippen LogP contribution is 2.37. The molecule has 0 bridgehead atoms. The van der Waals surface area contributed by atoms with E-state index in [1.165, 1.54) is 37.5 Å². The van der Waals surface area contributed by atoms with Crippen LogP contribution >= 0.6 is 23.2 Å². The number of nitrogens with one attached hydrogen (secondary N) is 1. The molecule has 1 fully saturated rings. The molecule has 0 radical (unpaired) electrons. The van der Waals surface area contributed by atoms with Crippen molar-refractivity contribution in [3.05, 3.63) is 87.5 Å². The number of nitriles is 1. The summed E-state index contributed by atoms with van der Waals surface area (Å²) in [4.78, 5) is 45.3. The van der Waals surface area contributed by atoms with Gasteiger partial charge in [-0.2, -0.15) is 5.26 Å². The highest BCUT2D eigenvalue weighted by Gasteiger charge is 2.43. The number of nitrogens with zero attached hydrogens (tertiary/aromatic N) is 4. The lowest BCUT2D eigenvalue weighted by Crippen LogP contribution is -2.47. The Kier molecular flexibility index (Phi) is 7.62. The molecule has 11 heteroatoms. The van der Waals surface area contributed by atoms with Crippen molar-refractivity contribution in [1.29, 1.82) is 5.26 Å². The SMILES string of the molecule is CNC(=O)N(C(=O)[C@H]1CN(c2ccc(C(=O)O)cn2)C[C@H]1c1ccc(C#N)cc1)c1cc(Cl)cc(Cl)c1. The molecular weight excluding hydrogens is 517 g/mol. The maximum absolute atomic E-state index is 14.0. The molecule has 3 aromatic rings. The van der Waals surface area contributed by atoms with Gasteiger partial charge in [0.25, 0.3) is 0 Å². The van der Waals surface area contributed by atoms with Crippen LogP contribution in [0.4, 0.5) is 16.3 Å². The van der Waals surface area contributed by atoms with Crippen molar-refractivity contribution < 1.29 is 19.5 Å². The number of imide groups is 1. The van der Waals surface area contributed by atoms with E-state index in [2.05, 4.69) is 16.4 Å². The summed E-state index contributed by atoms with van der Waals surface area (Å²) in [7, 11) is 1.42. The molecule has 188 valence electrons. The number of anilines is 2. The van der Waals surface area contributed by atoms with Gasteiger partial charge < -0.3 is 15.3 Å². The molecule has 3 amide bonds. The number of hydrogen-bond donors (Lipinski definition) is 2. The van der Waals surface area contributed by atoms with E-state index >= 15 is 0 Å². The monoisotopic (exact) mass is 537 g/mol. The number of rotatable bonds is 5. The number of hydrogen-bond acceptors (Lipinski definition) is 6. The Morgan fingerprint density at radius 1 is 1.08 bits per heavy atom. The summed E-state index contributed by atoms with van der Waals surface area (Å²) in [6, 6.07) is 15.8. The maximum atomic E-state index is 14.0. The third kappa shape index (κ3) is 5.50. The quantitative estimate of drug-likeness (QED) is 0.488. The van der Waals surface area contributed by atoms with Gasteiger partial charge in [0.05, 0.1) is 28.8 Å². The smallest absolute Gasteiger partial charge is 0.337 e. The number of carboxylic acid groups (broad SMARTS) is 1. The van der Waals surface area contributed by atoms with Crippen LogP contribution in [0.3, 0.4) is 0 Å². The lowest BCUT2D eigenvalue weighted by molar-refractivity contribution is -0.121. The van der Waals surface area contributed by atoms with Gasteiger partial charge in [0.15, 0.2) is 0 Å². The highest BCUT2D eigenvalue weighted by atomic mass is 35.5. The topological polar surface area (TPSA) is 127 Å². The molecule has 2 aromatic carbocycles. The largest absolute Gasteiger partial charge is 0.478 e. The van der Waals surface area contributed by atoms with Crippen molar-refractivity contribution in [2.75, 3.05) is 29.9 Å². The van der Waals surface area contributed by atoms with E-state index in [0.717, 1.165) is 10.5 Å². The summed E-state index contributed by atoms with van der Waals surface area (Å²) in [6.45, 7) is 0.588. The maximum Gasteiger partial charge on any atom is 0.337 e. The molecule has 2 atom stereocenters. The lowest BCUT2D eigenvalue weighted by Gasteiger charge is -2.26. The number of aromatic nitrogens is 1. The fraction of sp³-hybridized carbons (Fsp3) is 0.192. The first kappa shape index (κ1) is 25.9. The van der Waals surface area contributed by atoms with Crippen LogP contribution in [0.1, 0.15) is 27.4 Å². The van der Waals surface area contributed by atoms with Crippen LogP contribution in [0.2, 0.25) is 10.0 Å². The minimum absolute atomic E-state index is 0.0443. The fourth-order valence-electron chi connectivity index (χ4n) is 4.37. The molecule has 1 aliphatic rings. The van der Waals surface area contributed by atoms with Crippen LogP contribution in [0.25, 0.3) is 0 Å². The molecular formula is C26H21Cl2N5O4. The predicted molar refractivity (Wildman–Crippen MR) is 139 cm³/mol. The second kappa shape index (κ2) is 10.9. The Balaban J connectivity index is 1.74. The molecule has 9 nitrogen and oxygen atoms in total. The number of carbonyl (C=O) groups excluding carboxylic acids is 2. The minimum Gasteiger partial charge on any atom is -0.478 e. The average Bonchev–Trinajstić information content (AvgIpc) is 3.34. The molecule has 1 aromatic heterocycles. The Labute approximate surface area is 222 Å². The zero-order valence-corrected chi connectivity index (χ0v) is 21.1. The van der Waals surface area contributed by atoms with Gasteiger partial charge in [-0.1, -0.05) is 35.3 Å². The second-order valence-electron chi connectivity index (χ2n) is 8.42. The first-order valence-electron chi connectivity index (χ1n) is 11.2. The van der Waals surface area contributed by atoms with Gasteiger partial charge in [-0.15, -0.1) is 0 Å². The van der Waals surface area contributed by atoms with Crippen LogP contribution < -0.4 is 15.1 Å². The number of pyridine rings is 1. The van der Waals surface area contributed by atoms with Gasteiger partial charge in [-0.3, -0.25) is 4.79 Å². The molecule has 2 N–H and O–H groups in total. The van der Waals surface area contributed by atoms with Crippen LogP contribution in [0.15, 0.2) is 60.8 Å². The van der Waals surface area contributed by atoms with E-state index in [9.17, 15) is 24.8 Å². The van der Waals surface area contributed by atoms with Crippen LogP contribution in [-0.4, -0.2) is 48.1 Å². The van der Waals surface area contributed by atoms with E-state index in [4.69, 9.17) is 23.2 Å². The number of urea groups is 1. The van der Waals surface area contributed by atoms with E-state index in [1.54, 1.807) is 30.3 Å². The Hall–Kier alpha value is -4.13. The van der Waals surface area contributed by atoms with Gasteiger partial charge in [0, 0.05) is 42.3 Å². The molecule has 0 spiro atoms. The van der Waals surface area contributed by atoms with E-state index in [-0.39, 0.29) is 33.8 Å². The number of halogens is 2. The van der Waals surface area contributed by atoms with Gasteiger partial charge in [-0.05, 0) is 48.0 Å². The normalized spacial score (nSPS) is 16.6. The predicted octanol–water partition coefficient (Wildman–Crippen LogP) is 4.55. The van der Waals surface area contributed by atoms with E-state index < -0.39 is 23.8 Å². The van der Waals surface area contributed by atoms with E-state index in [1.807, 2.05) is 4.90 Å². The molecule has 1 saturated heterocycles. The van der Waals surface area contributed by atoms with Gasteiger partial charge in [-0.25, -0.2) is 19.5 Å². The summed E-state index contributed by atoms with van der Waals surface area (Å²) in [6.07, 6.45) is 1.26. The van der Waals surface area contributed by atoms with Gasteiger partial charge in [0.2, 0.25) is 5.91 Å². The van der Waals surface area contributed by atoms with Crippen LogP contribution in [-0.2, 0) is 4.79 Å². The van der Waals surface area contributed by atoms with Crippen molar-refractivity contribution in [3.8, 4) is 6.07 Å². The summed E-state index contributed by atoms with van der Waals surface area (Å²) in [5.41, 5.74) is 1.56. The molecule has 0 aliphatic carbocycles. The molecule has 1 aliphatic heterocycles. The first-order valence-corrected chi connectivity index (χ1v) is 11.9. The fourth-order valence-corrected chi connectivity index (χ4v) is 4.89. The molecule has 0 saturated carbocycles. The lowest BCUT2D eigenvalue weighted by atomic mass is 9.87. The highest BCUT2D eigenvalue weighted by molar-refractivity contribution is 6.35. The first-order chi connectivity index (χ1) is 17.7. The minimum atomic E-state index is -1.09. The van der Waals surface area contributed by atoms with Crippen molar-refractivity contribution in [1.82, 2.24) is 10.3 Å². The van der Waals surface area contributed by atoms with Gasteiger partial charge >= 0.3 is 12.0 Å².